The number of nitrogens with zero attached hydrogens (tertiary/aromatic N) is 3. The van der Waals surface area contributed by atoms with Gasteiger partial charge in [-0.05, 0) is 110 Å². The molecule has 1 unspecified atom stereocenters. The summed E-state index contributed by atoms with van der Waals surface area (Å²) in [5, 5.41) is 12.7. The highest BCUT2D eigenvalue weighted by atomic mass is 35.5. The molecule has 2 heterocycles. The van der Waals surface area contributed by atoms with Gasteiger partial charge in [-0.3, -0.25) is 4.79 Å². The molecule has 0 aliphatic carbocycles. The predicted octanol–water partition coefficient (Wildman–Crippen LogP) is 9.28. The zero-order valence-corrected chi connectivity index (χ0v) is 30.3. The summed E-state index contributed by atoms with van der Waals surface area (Å²) in [7, 11) is 1.62. The number of ether oxygens (including phenoxy) is 2. The summed E-state index contributed by atoms with van der Waals surface area (Å²) in [5.74, 6) is 2.06. The molecule has 0 radical (unpaired) electrons. The van der Waals surface area contributed by atoms with Crippen LogP contribution in [-0.4, -0.2) is 27.8 Å². The first kappa shape index (κ1) is 34.1. The van der Waals surface area contributed by atoms with Crippen molar-refractivity contribution in [2.24, 2.45) is 0 Å². The van der Waals surface area contributed by atoms with E-state index >= 15 is 0 Å². The molecule has 8 nitrogen and oxygen atoms in total. The van der Waals surface area contributed by atoms with Crippen LogP contribution in [0.2, 0.25) is 5.02 Å². The molecule has 0 fully saturated rings. The van der Waals surface area contributed by atoms with Crippen molar-refractivity contribution >= 4 is 40.9 Å². The van der Waals surface area contributed by atoms with E-state index in [4.69, 9.17) is 31.2 Å². The Kier molecular flexibility index (Phi) is 10.0. The van der Waals surface area contributed by atoms with Gasteiger partial charge in [0.2, 0.25) is 11.1 Å². The molecular formula is C39H40ClN5O3S. The number of amides is 1. The molecule has 1 amide bonds. The molecule has 49 heavy (non-hydrogen) atoms. The van der Waals surface area contributed by atoms with Gasteiger partial charge in [0.25, 0.3) is 5.91 Å². The van der Waals surface area contributed by atoms with Crippen molar-refractivity contribution in [3.05, 3.63) is 134 Å². The third-order valence-corrected chi connectivity index (χ3v) is 10.3. The van der Waals surface area contributed by atoms with Gasteiger partial charge >= 0.3 is 0 Å². The van der Waals surface area contributed by atoms with Crippen LogP contribution in [-0.2, 0) is 17.2 Å². The maximum Gasteiger partial charge on any atom is 0.255 e. The van der Waals surface area contributed by atoms with Gasteiger partial charge in [-0.1, -0.05) is 71.9 Å². The highest BCUT2D eigenvalue weighted by Crippen LogP contribution is 2.40. The first-order valence-electron chi connectivity index (χ1n) is 16.1. The van der Waals surface area contributed by atoms with Crippen LogP contribution in [0.5, 0.6) is 11.5 Å². The number of carbonyl (C=O) groups is 1. The molecule has 0 saturated carbocycles. The standard InChI is InChI=1S/C39H40ClN5O3S/c1-22-11-10-14-32(26(22)5)42-37(46)35-27(6)41-38-43-39(49-21-29-12-8-9-13-31(29)40)44-45(38)36(35)28-15-16-33(34(19-28)47-7)48-20-30-18-24(3)23(2)17-25(30)4/h8-19,36H,20-21H2,1-7H3,(H,42,46)(H,41,43,44). The largest absolute Gasteiger partial charge is 0.493 e. The molecule has 252 valence electrons. The summed E-state index contributed by atoms with van der Waals surface area (Å²) in [4.78, 5) is 19.0. The monoisotopic (exact) mass is 693 g/mol. The van der Waals surface area contributed by atoms with Gasteiger partial charge in [-0.2, -0.15) is 4.98 Å². The lowest BCUT2D eigenvalue weighted by molar-refractivity contribution is -0.113. The topological polar surface area (TPSA) is 90.3 Å². The summed E-state index contributed by atoms with van der Waals surface area (Å²) in [5.41, 5.74) is 10.6. The summed E-state index contributed by atoms with van der Waals surface area (Å²) in [6, 6.07) is 23.1. The fraction of sp³-hybridized carbons (Fsp3) is 0.256. The van der Waals surface area contributed by atoms with Crippen LogP contribution in [0, 0.1) is 34.6 Å². The molecule has 0 saturated heterocycles. The van der Waals surface area contributed by atoms with Crippen LogP contribution in [0.15, 0.2) is 89.2 Å². The maximum absolute atomic E-state index is 14.2. The van der Waals surface area contributed by atoms with E-state index < -0.39 is 6.04 Å². The Morgan fingerprint density at radius 3 is 2.45 bits per heavy atom. The number of aryl methyl sites for hydroxylation is 4. The van der Waals surface area contributed by atoms with Crippen LogP contribution < -0.4 is 20.1 Å². The number of carbonyl (C=O) groups excluding carboxylic acids is 1. The number of aromatic nitrogens is 3. The summed E-state index contributed by atoms with van der Waals surface area (Å²) in [6.45, 7) is 12.6. The second-order valence-corrected chi connectivity index (χ2v) is 13.7. The zero-order valence-electron chi connectivity index (χ0n) is 28.8. The molecule has 10 heteroatoms. The number of benzene rings is 4. The smallest absolute Gasteiger partial charge is 0.255 e. The number of rotatable bonds is 10. The first-order chi connectivity index (χ1) is 23.5. The van der Waals surface area contributed by atoms with Gasteiger partial charge in [0, 0.05) is 22.2 Å². The Morgan fingerprint density at radius 1 is 0.898 bits per heavy atom. The SMILES string of the molecule is COc1cc(C2C(C(=O)Nc3cccc(C)c3C)=C(C)Nc3nc(SCc4ccccc4Cl)nn32)ccc1OCc1cc(C)c(C)cc1C. The number of hydrogen-bond donors (Lipinski definition) is 2. The Balaban J connectivity index is 1.36. The molecule has 2 N–H and O–H groups in total. The highest BCUT2D eigenvalue weighted by Gasteiger charge is 2.35. The van der Waals surface area contributed by atoms with Gasteiger partial charge in [0.15, 0.2) is 11.5 Å². The van der Waals surface area contributed by atoms with Crippen LogP contribution in [0.25, 0.3) is 0 Å². The fourth-order valence-electron chi connectivity index (χ4n) is 5.93. The third-order valence-electron chi connectivity index (χ3n) is 9.08. The summed E-state index contributed by atoms with van der Waals surface area (Å²) in [6.07, 6.45) is 0. The van der Waals surface area contributed by atoms with E-state index in [0.717, 1.165) is 33.5 Å². The Hall–Kier alpha value is -4.73. The lowest BCUT2D eigenvalue weighted by Gasteiger charge is -2.29. The average molecular weight is 694 g/mol. The van der Waals surface area contributed by atoms with Crippen LogP contribution in [0.4, 0.5) is 11.6 Å². The van der Waals surface area contributed by atoms with Crippen LogP contribution >= 0.6 is 23.4 Å². The molecule has 0 bridgehead atoms. The van der Waals surface area contributed by atoms with Gasteiger partial charge in [0.05, 0.1) is 12.7 Å². The Labute approximate surface area is 296 Å². The van der Waals surface area contributed by atoms with Crippen molar-refractivity contribution in [1.82, 2.24) is 14.8 Å². The van der Waals surface area contributed by atoms with Gasteiger partial charge < -0.3 is 20.1 Å². The molecule has 1 aliphatic rings. The van der Waals surface area contributed by atoms with E-state index in [2.05, 4.69) is 43.5 Å². The molecule has 4 aromatic carbocycles. The highest BCUT2D eigenvalue weighted by molar-refractivity contribution is 7.98. The predicted molar refractivity (Wildman–Crippen MR) is 198 cm³/mol. The molecule has 1 aromatic heterocycles. The van der Waals surface area contributed by atoms with Crippen molar-refractivity contribution in [2.45, 2.75) is 65.1 Å². The van der Waals surface area contributed by atoms with Crippen molar-refractivity contribution in [2.75, 3.05) is 17.7 Å². The molecular weight excluding hydrogens is 654 g/mol. The van der Waals surface area contributed by atoms with E-state index in [1.165, 1.54) is 28.5 Å². The van der Waals surface area contributed by atoms with Crippen molar-refractivity contribution in [3.8, 4) is 11.5 Å². The number of thioether (sulfide) groups is 1. The van der Waals surface area contributed by atoms with E-state index in [1.54, 1.807) is 11.8 Å². The van der Waals surface area contributed by atoms with E-state index in [-0.39, 0.29) is 5.91 Å². The van der Waals surface area contributed by atoms with Gasteiger partial charge in [-0.25, -0.2) is 4.68 Å². The lowest BCUT2D eigenvalue weighted by Crippen LogP contribution is -2.31. The number of halogens is 1. The van der Waals surface area contributed by atoms with Gasteiger partial charge in [0.1, 0.15) is 12.6 Å². The lowest BCUT2D eigenvalue weighted by atomic mass is 9.94. The first-order valence-corrected chi connectivity index (χ1v) is 17.5. The number of methoxy groups -OCH3 is 1. The minimum Gasteiger partial charge on any atom is -0.493 e. The number of nitrogens with one attached hydrogen (secondary N) is 2. The summed E-state index contributed by atoms with van der Waals surface area (Å²) >= 11 is 7.91. The molecule has 1 aliphatic heterocycles. The van der Waals surface area contributed by atoms with Crippen LogP contribution in [0.1, 0.15) is 57.5 Å². The molecule has 6 rings (SSSR count). The average Bonchev–Trinajstić information content (AvgIpc) is 3.49. The second kappa shape index (κ2) is 14.4. The van der Waals surface area contributed by atoms with Gasteiger partial charge in [-0.15, -0.1) is 5.10 Å². The third kappa shape index (κ3) is 7.19. The normalized spacial score (nSPS) is 13.9. The quantitative estimate of drug-likeness (QED) is 0.141. The van der Waals surface area contributed by atoms with Crippen molar-refractivity contribution in [3.63, 3.8) is 0 Å². The Bertz CT molecular complexity index is 2090. The molecule has 1 atom stereocenters. The Morgan fingerprint density at radius 2 is 1.67 bits per heavy atom. The number of fused-ring (bicyclic) bond motifs is 1. The van der Waals surface area contributed by atoms with Crippen molar-refractivity contribution < 1.29 is 14.3 Å². The van der Waals surface area contributed by atoms with E-state index in [9.17, 15) is 4.79 Å². The zero-order chi connectivity index (χ0) is 34.8. The van der Waals surface area contributed by atoms with E-state index in [0.29, 0.717) is 51.3 Å². The summed E-state index contributed by atoms with van der Waals surface area (Å²) < 4.78 is 13.9. The van der Waals surface area contributed by atoms with Crippen molar-refractivity contribution in [1.29, 1.82) is 0 Å². The number of anilines is 2. The minimum absolute atomic E-state index is 0.236. The molecule has 5 aromatic rings. The van der Waals surface area contributed by atoms with E-state index in [1.807, 2.05) is 81.4 Å². The maximum atomic E-state index is 14.2. The fourth-order valence-corrected chi connectivity index (χ4v) is 7.05. The second-order valence-electron chi connectivity index (χ2n) is 12.4. The van der Waals surface area contributed by atoms with Crippen LogP contribution in [0.3, 0.4) is 0 Å². The minimum atomic E-state index is -0.603. The number of allylic oxidation sites excluding steroid dienone is 1. The number of hydrogen-bond acceptors (Lipinski definition) is 7. The molecule has 0 spiro atoms.